The van der Waals surface area contributed by atoms with Gasteiger partial charge in [-0.1, -0.05) is 23.7 Å². The van der Waals surface area contributed by atoms with E-state index in [4.69, 9.17) is 11.6 Å². The smallest absolute Gasteiger partial charge is 0.223 e. The SMILES string of the molecule is CCN1CC(C(O)c2ccc(Cl)cc2)CC1=O. The first-order valence-electron chi connectivity index (χ1n) is 5.83. The summed E-state index contributed by atoms with van der Waals surface area (Å²) in [5.74, 6) is 0.120. The van der Waals surface area contributed by atoms with E-state index in [1.165, 1.54) is 0 Å². The molecule has 0 bridgehead atoms. The highest BCUT2D eigenvalue weighted by Gasteiger charge is 2.33. The number of hydrogen-bond acceptors (Lipinski definition) is 2. The molecule has 0 spiro atoms. The molecule has 1 aromatic rings. The third kappa shape index (κ3) is 2.61. The summed E-state index contributed by atoms with van der Waals surface area (Å²) >= 11 is 5.80. The first kappa shape index (κ1) is 12.4. The van der Waals surface area contributed by atoms with E-state index in [2.05, 4.69) is 0 Å². The van der Waals surface area contributed by atoms with Gasteiger partial charge in [0.1, 0.15) is 0 Å². The van der Waals surface area contributed by atoms with Crippen LogP contribution in [0.25, 0.3) is 0 Å². The Morgan fingerprint density at radius 2 is 2.12 bits per heavy atom. The molecular formula is C13H16ClNO2. The van der Waals surface area contributed by atoms with Crippen LogP contribution in [0.1, 0.15) is 25.0 Å². The molecule has 1 heterocycles. The highest BCUT2D eigenvalue weighted by molar-refractivity contribution is 6.30. The third-order valence-corrected chi connectivity index (χ3v) is 3.54. The number of rotatable bonds is 3. The molecule has 92 valence electrons. The van der Waals surface area contributed by atoms with E-state index >= 15 is 0 Å². The lowest BCUT2D eigenvalue weighted by Gasteiger charge is -2.18. The van der Waals surface area contributed by atoms with Gasteiger partial charge >= 0.3 is 0 Å². The Kier molecular flexibility index (Phi) is 3.69. The fourth-order valence-corrected chi connectivity index (χ4v) is 2.38. The van der Waals surface area contributed by atoms with Gasteiger partial charge in [0.05, 0.1) is 6.10 Å². The second-order valence-corrected chi connectivity index (χ2v) is 4.83. The lowest BCUT2D eigenvalue weighted by molar-refractivity contribution is -0.127. The molecule has 1 aliphatic rings. The number of halogens is 1. The van der Waals surface area contributed by atoms with E-state index in [9.17, 15) is 9.90 Å². The number of aliphatic hydroxyl groups is 1. The van der Waals surface area contributed by atoms with Crippen molar-refractivity contribution >= 4 is 17.5 Å². The van der Waals surface area contributed by atoms with Gasteiger partial charge in [0.15, 0.2) is 0 Å². The summed E-state index contributed by atoms with van der Waals surface area (Å²) in [5, 5.41) is 10.9. The number of likely N-dealkylation sites (tertiary alicyclic amines) is 1. The van der Waals surface area contributed by atoms with Crippen LogP contribution >= 0.6 is 11.6 Å². The molecule has 3 nitrogen and oxygen atoms in total. The molecule has 1 fully saturated rings. The van der Waals surface area contributed by atoms with Crippen LogP contribution in [0.5, 0.6) is 0 Å². The van der Waals surface area contributed by atoms with Crippen molar-refractivity contribution in [3.8, 4) is 0 Å². The number of hydrogen-bond donors (Lipinski definition) is 1. The molecule has 2 unspecified atom stereocenters. The molecule has 4 heteroatoms. The monoisotopic (exact) mass is 253 g/mol. The summed E-state index contributed by atoms with van der Waals surface area (Å²) in [5.41, 5.74) is 0.824. The van der Waals surface area contributed by atoms with Crippen molar-refractivity contribution in [2.24, 2.45) is 5.92 Å². The number of amides is 1. The van der Waals surface area contributed by atoms with E-state index < -0.39 is 6.10 Å². The van der Waals surface area contributed by atoms with Crippen molar-refractivity contribution in [2.45, 2.75) is 19.4 Å². The minimum atomic E-state index is -0.590. The van der Waals surface area contributed by atoms with Crippen LogP contribution in [-0.2, 0) is 4.79 Å². The lowest BCUT2D eigenvalue weighted by Crippen LogP contribution is -2.25. The first-order chi connectivity index (χ1) is 8.11. The normalized spacial score (nSPS) is 21.9. The Balaban J connectivity index is 2.08. The largest absolute Gasteiger partial charge is 0.388 e. The molecule has 1 saturated heterocycles. The fraction of sp³-hybridized carbons (Fsp3) is 0.462. The minimum Gasteiger partial charge on any atom is -0.388 e. The lowest BCUT2D eigenvalue weighted by atomic mass is 9.95. The van der Waals surface area contributed by atoms with Crippen molar-refractivity contribution in [3.63, 3.8) is 0 Å². The predicted octanol–water partition coefficient (Wildman–Crippen LogP) is 2.24. The van der Waals surface area contributed by atoms with Gasteiger partial charge in [0, 0.05) is 30.5 Å². The summed E-state index contributed by atoms with van der Waals surface area (Å²) in [6.07, 6.45) is -0.162. The Hall–Kier alpha value is -1.06. The van der Waals surface area contributed by atoms with Gasteiger partial charge in [-0.15, -0.1) is 0 Å². The van der Waals surface area contributed by atoms with Crippen LogP contribution in [0.3, 0.4) is 0 Å². The van der Waals surface area contributed by atoms with E-state index in [1.54, 1.807) is 17.0 Å². The Labute approximate surface area is 106 Å². The summed E-state index contributed by atoms with van der Waals surface area (Å²) in [6, 6.07) is 7.14. The molecule has 1 amide bonds. The second kappa shape index (κ2) is 5.07. The van der Waals surface area contributed by atoms with Gasteiger partial charge < -0.3 is 10.0 Å². The van der Waals surface area contributed by atoms with Crippen molar-refractivity contribution in [1.82, 2.24) is 4.90 Å². The van der Waals surface area contributed by atoms with Gasteiger partial charge in [-0.05, 0) is 24.6 Å². The zero-order chi connectivity index (χ0) is 12.4. The van der Waals surface area contributed by atoms with Gasteiger partial charge in [-0.2, -0.15) is 0 Å². The van der Waals surface area contributed by atoms with Crippen molar-refractivity contribution in [2.75, 3.05) is 13.1 Å². The van der Waals surface area contributed by atoms with Crippen LogP contribution in [0.2, 0.25) is 5.02 Å². The molecule has 2 rings (SSSR count). The fourth-order valence-electron chi connectivity index (χ4n) is 2.25. The minimum absolute atomic E-state index is 0.0105. The molecule has 17 heavy (non-hydrogen) atoms. The highest BCUT2D eigenvalue weighted by Crippen LogP contribution is 2.30. The van der Waals surface area contributed by atoms with Crippen LogP contribution in [0.4, 0.5) is 0 Å². The maximum absolute atomic E-state index is 11.6. The molecule has 0 aromatic heterocycles. The number of carbonyl (C=O) groups excluding carboxylic acids is 1. The van der Waals surface area contributed by atoms with Crippen molar-refractivity contribution in [1.29, 1.82) is 0 Å². The Morgan fingerprint density at radius 3 is 2.65 bits per heavy atom. The highest BCUT2D eigenvalue weighted by atomic mass is 35.5. The quantitative estimate of drug-likeness (QED) is 0.898. The van der Waals surface area contributed by atoms with Crippen LogP contribution in [-0.4, -0.2) is 29.0 Å². The van der Waals surface area contributed by atoms with Crippen LogP contribution in [0.15, 0.2) is 24.3 Å². The maximum atomic E-state index is 11.6. The molecule has 0 radical (unpaired) electrons. The van der Waals surface area contributed by atoms with Crippen LogP contribution < -0.4 is 0 Å². The topological polar surface area (TPSA) is 40.5 Å². The first-order valence-corrected chi connectivity index (χ1v) is 6.21. The summed E-state index contributed by atoms with van der Waals surface area (Å²) in [6.45, 7) is 3.30. The van der Waals surface area contributed by atoms with Gasteiger partial charge in [0.25, 0.3) is 0 Å². The van der Waals surface area contributed by atoms with Gasteiger partial charge in [-0.3, -0.25) is 4.79 Å². The number of carbonyl (C=O) groups is 1. The number of aliphatic hydroxyl groups excluding tert-OH is 1. The number of benzene rings is 1. The third-order valence-electron chi connectivity index (χ3n) is 3.28. The molecule has 0 saturated carbocycles. The Bertz CT molecular complexity index is 404. The van der Waals surface area contributed by atoms with Crippen molar-refractivity contribution in [3.05, 3.63) is 34.9 Å². The average Bonchev–Trinajstić information content (AvgIpc) is 2.70. The molecule has 1 N–H and O–H groups in total. The Morgan fingerprint density at radius 1 is 1.47 bits per heavy atom. The van der Waals surface area contributed by atoms with E-state index in [0.29, 0.717) is 24.5 Å². The maximum Gasteiger partial charge on any atom is 0.223 e. The zero-order valence-corrected chi connectivity index (χ0v) is 10.5. The van der Waals surface area contributed by atoms with Gasteiger partial charge in [0.2, 0.25) is 5.91 Å². The summed E-state index contributed by atoms with van der Waals surface area (Å²) < 4.78 is 0. The van der Waals surface area contributed by atoms with Crippen LogP contribution in [0, 0.1) is 5.92 Å². The zero-order valence-electron chi connectivity index (χ0n) is 9.77. The molecule has 2 atom stereocenters. The molecule has 1 aromatic carbocycles. The van der Waals surface area contributed by atoms with E-state index in [0.717, 1.165) is 5.56 Å². The summed E-state index contributed by atoms with van der Waals surface area (Å²) in [7, 11) is 0. The summed E-state index contributed by atoms with van der Waals surface area (Å²) in [4.78, 5) is 13.4. The molecule has 0 aliphatic carbocycles. The standard InChI is InChI=1S/C13H16ClNO2/c1-2-15-8-10(7-12(15)16)13(17)9-3-5-11(14)6-4-9/h3-6,10,13,17H,2,7-8H2,1H3. The second-order valence-electron chi connectivity index (χ2n) is 4.39. The molecule has 1 aliphatic heterocycles. The average molecular weight is 254 g/mol. The number of nitrogens with zero attached hydrogens (tertiary/aromatic N) is 1. The van der Waals surface area contributed by atoms with Gasteiger partial charge in [-0.25, -0.2) is 0 Å². The predicted molar refractivity (Wildman–Crippen MR) is 66.8 cm³/mol. The van der Waals surface area contributed by atoms with E-state index in [-0.39, 0.29) is 11.8 Å². The van der Waals surface area contributed by atoms with E-state index in [1.807, 2.05) is 19.1 Å². The molecular weight excluding hydrogens is 238 g/mol. The van der Waals surface area contributed by atoms with Crippen molar-refractivity contribution < 1.29 is 9.90 Å².